The second-order valence-corrected chi connectivity index (χ2v) is 4.69. The SMILES string of the molecule is CC(C)COC(=O)/C=C/c1ccc(CCO)cc1F. The zero-order chi connectivity index (χ0) is 14.3. The Bertz CT molecular complexity index is 453. The van der Waals surface area contributed by atoms with Crippen molar-refractivity contribution < 1.29 is 19.0 Å². The molecule has 0 unspecified atom stereocenters. The maximum atomic E-state index is 13.7. The highest BCUT2D eigenvalue weighted by Crippen LogP contribution is 2.12. The van der Waals surface area contributed by atoms with E-state index in [9.17, 15) is 9.18 Å². The zero-order valence-electron chi connectivity index (χ0n) is 11.2. The first-order valence-corrected chi connectivity index (χ1v) is 6.27. The van der Waals surface area contributed by atoms with Crippen molar-refractivity contribution in [3.63, 3.8) is 0 Å². The molecule has 0 aromatic heterocycles. The molecule has 0 saturated heterocycles. The van der Waals surface area contributed by atoms with E-state index in [2.05, 4.69) is 0 Å². The number of halogens is 1. The van der Waals surface area contributed by atoms with Gasteiger partial charge in [-0.05, 0) is 30.0 Å². The summed E-state index contributed by atoms with van der Waals surface area (Å²) in [5.74, 6) is -0.627. The third-order valence-corrected chi connectivity index (χ3v) is 2.42. The largest absolute Gasteiger partial charge is 0.462 e. The van der Waals surface area contributed by atoms with Crippen LogP contribution in [0.4, 0.5) is 4.39 Å². The molecule has 0 aliphatic carbocycles. The van der Waals surface area contributed by atoms with Crippen LogP contribution >= 0.6 is 0 Å². The molecule has 0 fully saturated rings. The maximum Gasteiger partial charge on any atom is 0.330 e. The van der Waals surface area contributed by atoms with Crippen LogP contribution in [0.5, 0.6) is 0 Å². The first-order chi connectivity index (χ1) is 9.02. The highest BCUT2D eigenvalue weighted by molar-refractivity contribution is 5.87. The van der Waals surface area contributed by atoms with Gasteiger partial charge in [-0.25, -0.2) is 9.18 Å². The van der Waals surface area contributed by atoms with Crippen molar-refractivity contribution in [1.82, 2.24) is 0 Å². The summed E-state index contributed by atoms with van der Waals surface area (Å²) in [6.45, 7) is 4.21. The number of benzene rings is 1. The lowest BCUT2D eigenvalue weighted by Crippen LogP contribution is -2.07. The topological polar surface area (TPSA) is 46.5 Å². The molecule has 19 heavy (non-hydrogen) atoms. The minimum Gasteiger partial charge on any atom is -0.462 e. The third kappa shape index (κ3) is 5.66. The Balaban J connectivity index is 2.63. The van der Waals surface area contributed by atoms with Gasteiger partial charge >= 0.3 is 5.97 Å². The van der Waals surface area contributed by atoms with Gasteiger partial charge in [-0.15, -0.1) is 0 Å². The average Bonchev–Trinajstić information content (AvgIpc) is 2.35. The Kier molecular flexibility index (Phi) is 6.22. The highest BCUT2D eigenvalue weighted by Gasteiger charge is 2.03. The first kappa shape index (κ1) is 15.4. The van der Waals surface area contributed by atoms with Crippen LogP contribution in [0, 0.1) is 11.7 Å². The van der Waals surface area contributed by atoms with Crippen molar-refractivity contribution in [2.45, 2.75) is 20.3 Å². The quantitative estimate of drug-likeness (QED) is 0.636. The van der Waals surface area contributed by atoms with Crippen molar-refractivity contribution in [3.8, 4) is 0 Å². The number of aliphatic hydroxyl groups is 1. The van der Waals surface area contributed by atoms with Crippen molar-refractivity contribution in [1.29, 1.82) is 0 Å². The standard InChI is InChI=1S/C15H19FO3/c1-11(2)10-19-15(18)6-5-13-4-3-12(7-8-17)9-14(13)16/h3-6,9,11,17H,7-8,10H2,1-2H3/b6-5+. The molecule has 1 aromatic carbocycles. The summed E-state index contributed by atoms with van der Waals surface area (Å²) in [6, 6.07) is 4.65. The summed E-state index contributed by atoms with van der Waals surface area (Å²) in [5.41, 5.74) is 1.04. The van der Waals surface area contributed by atoms with Gasteiger partial charge in [-0.3, -0.25) is 0 Å². The van der Waals surface area contributed by atoms with Gasteiger partial charge in [-0.1, -0.05) is 26.0 Å². The van der Waals surface area contributed by atoms with E-state index in [1.54, 1.807) is 12.1 Å². The van der Waals surface area contributed by atoms with Gasteiger partial charge in [-0.2, -0.15) is 0 Å². The number of rotatable bonds is 6. The van der Waals surface area contributed by atoms with E-state index >= 15 is 0 Å². The van der Waals surface area contributed by atoms with Crippen LogP contribution in [-0.2, 0) is 16.0 Å². The fraction of sp³-hybridized carbons (Fsp3) is 0.400. The summed E-state index contributed by atoms with van der Waals surface area (Å²) in [4.78, 5) is 11.3. The van der Waals surface area contributed by atoms with Crippen molar-refractivity contribution >= 4 is 12.0 Å². The molecule has 3 nitrogen and oxygen atoms in total. The Morgan fingerprint density at radius 1 is 1.47 bits per heavy atom. The summed E-state index contributed by atoms with van der Waals surface area (Å²) < 4.78 is 18.6. The van der Waals surface area contributed by atoms with Gasteiger partial charge in [0, 0.05) is 18.2 Å². The Labute approximate surface area is 112 Å². The maximum absolute atomic E-state index is 13.7. The number of aliphatic hydroxyl groups excluding tert-OH is 1. The van der Waals surface area contributed by atoms with Crippen molar-refractivity contribution in [2.24, 2.45) is 5.92 Å². The van der Waals surface area contributed by atoms with Crippen molar-refractivity contribution in [2.75, 3.05) is 13.2 Å². The molecule has 0 bridgehead atoms. The molecule has 0 aliphatic heterocycles. The molecule has 0 aliphatic rings. The molecule has 104 valence electrons. The average molecular weight is 266 g/mol. The zero-order valence-corrected chi connectivity index (χ0v) is 11.2. The third-order valence-electron chi connectivity index (χ3n) is 2.42. The first-order valence-electron chi connectivity index (χ1n) is 6.27. The molecule has 1 rings (SSSR count). The van der Waals surface area contributed by atoms with Crippen LogP contribution in [0.25, 0.3) is 6.08 Å². The number of carbonyl (C=O) groups excluding carboxylic acids is 1. The fourth-order valence-electron chi connectivity index (χ4n) is 1.45. The van der Waals surface area contributed by atoms with E-state index in [1.165, 1.54) is 18.2 Å². The van der Waals surface area contributed by atoms with Crippen LogP contribution in [-0.4, -0.2) is 24.3 Å². The normalized spacial score (nSPS) is 11.2. The summed E-state index contributed by atoms with van der Waals surface area (Å²) in [5, 5.41) is 8.76. The fourth-order valence-corrected chi connectivity index (χ4v) is 1.45. The minimum atomic E-state index is -0.479. The number of hydrogen-bond donors (Lipinski definition) is 1. The lowest BCUT2D eigenvalue weighted by atomic mass is 10.1. The summed E-state index contributed by atoms with van der Waals surface area (Å²) in [7, 11) is 0. The van der Waals surface area contributed by atoms with E-state index < -0.39 is 11.8 Å². The molecule has 1 aromatic rings. The van der Waals surface area contributed by atoms with E-state index in [0.717, 1.165) is 5.56 Å². The van der Waals surface area contributed by atoms with Gasteiger partial charge in [0.25, 0.3) is 0 Å². The molecular weight excluding hydrogens is 247 g/mol. The minimum absolute atomic E-state index is 0.0177. The monoisotopic (exact) mass is 266 g/mol. The number of ether oxygens (including phenoxy) is 1. The predicted octanol–water partition coefficient (Wildman–Crippen LogP) is 2.57. The molecule has 0 heterocycles. The second-order valence-electron chi connectivity index (χ2n) is 4.69. The van der Waals surface area contributed by atoms with E-state index in [0.29, 0.717) is 18.6 Å². The van der Waals surface area contributed by atoms with E-state index in [4.69, 9.17) is 9.84 Å². The Morgan fingerprint density at radius 2 is 2.21 bits per heavy atom. The number of esters is 1. The van der Waals surface area contributed by atoms with Crippen molar-refractivity contribution in [3.05, 3.63) is 41.2 Å². The molecule has 0 radical (unpaired) electrons. The molecule has 0 spiro atoms. The van der Waals surface area contributed by atoms with Crippen LogP contribution in [0.3, 0.4) is 0 Å². The van der Waals surface area contributed by atoms with Crippen LogP contribution in [0.2, 0.25) is 0 Å². The molecule has 0 amide bonds. The van der Waals surface area contributed by atoms with Crippen LogP contribution < -0.4 is 0 Å². The highest BCUT2D eigenvalue weighted by atomic mass is 19.1. The lowest BCUT2D eigenvalue weighted by molar-refractivity contribution is -0.138. The molecule has 0 atom stereocenters. The molecule has 4 heteroatoms. The molecule has 1 N–H and O–H groups in total. The van der Waals surface area contributed by atoms with Gasteiger partial charge in [0.05, 0.1) is 6.61 Å². The lowest BCUT2D eigenvalue weighted by Gasteiger charge is -2.04. The smallest absolute Gasteiger partial charge is 0.330 e. The Hall–Kier alpha value is -1.68. The number of carbonyl (C=O) groups is 1. The van der Waals surface area contributed by atoms with E-state index in [1.807, 2.05) is 13.8 Å². The predicted molar refractivity (Wildman–Crippen MR) is 72.0 cm³/mol. The van der Waals surface area contributed by atoms with Gasteiger partial charge in [0.15, 0.2) is 0 Å². The van der Waals surface area contributed by atoms with Gasteiger partial charge < -0.3 is 9.84 Å². The van der Waals surface area contributed by atoms with Crippen LogP contribution in [0.15, 0.2) is 24.3 Å². The summed E-state index contributed by atoms with van der Waals surface area (Å²) in [6.07, 6.45) is 3.02. The van der Waals surface area contributed by atoms with Gasteiger partial charge in [0.1, 0.15) is 5.82 Å². The van der Waals surface area contributed by atoms with Gasteiger partial charge in [0.2, 0.25) is 0 Å². The molecule has 0 saturated carbocycles. The number of hydrogen-bond acceptors (Lipinski definition) is 3. The van der Waals surface area contributed by atoms with Crippen LogP contribution in [0.1, 0.15) is 25.0 Å². The van der Waals surface area contributed by atoms with E-state index in [-0.39, 0.29) is 12.5 Å². The second kappa shape index (κ2) is 7.69. The summed E-state index contributed by atoms with van der Waals surface area (Å²) >= 11 is 0. The molecular formula is C15H19FO3. The Morgan fingerprint density at radius 3 is 2.79 bits per heavy atom.